The maximum atomic E-state index is 4.67. The molecule has 0 unspecified atom stereocenters. The van der Waals surface area contributed by atoms with Crippen LogP contribution in [0.15, 0.2) is 24.3 Å². The van der Waals surface area contributed by atoms with Crippen molar-refractivity contribution >= 4 is 22.7 Å². The Morgan fingerprint density at radius 3 is 2.58 bits per heavy atom. The number of benzene rings is 1. The van der Waals surface area contributed by atoms with Gasteiger partial charge in [0, 0.05) is 25.5 Å². The molecule has 1 aliphatic rings. The Kier molecular flexibility index (Phi) is 3.23. The summed E-state index contributed by atoms with van der Waals surface area (Å²) in [6.07, 6.45) is 5.13. The second-order valence-corrected chi connectivity index (χ2v) is 5.41. The van der Waals surface area contributed by atoms with Crippen molar-refractivity contribution in [3.8, 4) is 0 Å². The van der Waals surface area contributed by atoms with E-state index in [1.165, 1.54) is 25.7 Å². The molecule has 1 heterocycles. The van der Waals surface area contributed by atoms with E-state index in [1.807, 2.05) is 37.2 Å². The summed E-state index contributed by atoms with van der Waals surface area (Å²) in [6, 6.07) is 8.76. The number of rotatable bonds is 3. The fourth-order valence-corrected chi connectivity index (χ4v) is 2.64. The molecule has 0 aliphatic heterocycles. The van der Waals surface area contributed by atoms with E-state index >= 15 is 0 Å². The average Bonchev–Trinajstić information content (AvgIpc) is 2.91. The number of nitrogens with one attached hydrogen (secondary N) is 1. The Hall–Kier alpha value is -1.84. The van der Waals surface area contributed by atoms with Gasteiger partial charge in [0.2, 0.25) is 5.95 Å². The van der Waals surface area contributed by atoms with Crippen LogP contribution in [0.1, 0.15) is 25.7 Å². The zero-order valence-electron chi connectivity index (χ0n) is 11.6. The van der Waals surface area contributed by atoms with Gasteiger partial charge in [-0.1, -0.05) is 25.0 Å². The fourth-order valence-electron chi connectivity index (χ4n) is 2.64. The quantitative estimate of drug-likeness (QED) is 0.916. The van der Waals surface area contributed by atoms with Gasteiger partial charge >= 0.3 is 0 Å². The zero-order valence-corrected chi connectivity index (χ0v) is 11.6. The van der Waals surface area contributed by atoms with E-state index in [2.05, 4.69) is 21.4 Å². The molecule has 0 bridgehead atoms. The van der Waals surface area contributed by atoms with Crippen molar-refractivity contribution in [2.24, 2.45) is 0 Å². The molecule has 4 nitrogen and oxygen atoms in total. The number of anilines is 2. The number of para-hydroxylation sites is 1. The lowest BCUT2D eigenvalue weighted by Gasteiger charge is -2.17. The topological polar surface area (TPSA) is 41.1 Å². The van der Waals surface area contributed by atoms with Crippen LogP contribution in [-0.2, 0) is 0 Å². The molecule has 0 saturated heterocycles. The SMILES string of the molecule is CN(C)c1nc(NC2CCCC2)c2ccccc2n1. The summed E-state index contributed by atoms with van der Waals surface area (Å²) in [5, 5.41) is 4.71. The Morgan fingerprint density at radius 2 is 1.84 bits per heavy atom. The zero-order chi connectivity index (χ0) is 13.2. The van der Waals surface area contributed by atoms with E-state index in [0.29, 0.717) is 6.04 Å². The molecule has 0 atom stereocenters. The molecular weight excluding hydrogens is 236 g/mol. The summed E-state index contributed by atoms with van der Waals surface area (Å²) >= 11 is 0. The molecule has 1 saturated carbocycles. The molecule has 19 heavy (non-hydrogen) atoms. The largest absolute Gasteiger partial charge is 0.367 e. The molecule has 1 aliphatic carbocycles. The lowest BCUT2D eigenvalue weighted by Crippen LogP contribution is -2.18. The second kappa shape index (κ2) is 5.03. The molecule has 3 rings (SSSR count). The van der Waals surface area contributed by atoms with Gasteiger partial charge < -0.3 is 10.2 Å². The van der Waals surface area contributed by atoms with Gasteiger partial charge in [0.25, 0.3) is 0 Å². The lowest BCUT2D eigenvalue weighted by molar-refractivity contribution is 0.751. The highest BCUT2D eigenvalue weighted by Crippen LogP contribution is 2.27. The third-order valence-corrected chi connectivity index (χ3v) is 3.69. The molecule has 2 aromatic rings. The maximum Gasteiger partial charge on any atom is 0.227 e. The predicted octanol–water partition coefficient (Wildman–Crippen LogP) is 3.05. The van der Waals surface area contributed by atoms with Crippen LogP contribution in [0.25, 0.3) is 10.9 Å². The summed E-state index contributed by atoms with van der Waals surface area (Å²) in [4.78, 5) is 11.2. The van der Waals surface area contributed by atoms with E-state index in [0.717, 1.165) is 22.7 Å². The summed E-state index contributed by atoms with van der Waals surface area (Å²) in [6.45, 7) is 0. The van der Waals surface area contributed by atoms with Crippen LogP contribution < -0.4 is 10.2 Å². The van der Waals surface area contributed by atoms with Crippen LogP contribution in [-0.4, -0.2) is 30.1 Å². The van der Waals surface area contributed by atoms with Crippen LogP contribution in [0.3, 0.4) is 0 Å². The molecule has 100 valence electrons. The van der Waals surface area contributed by atoms with Crippen molar-refractivity contribution < 1.29 is 0 Å². The van der Waals surface area contributed by atoms with Gasteiger partial charge in [-0.2, -0.15) is 4.98 Å². The standard InChI is InChI=1S/C15H20N4/c1-19(2)15-17-13-10-6-5-9-12(13)14(18-15)16-11-7-3-4-8-11/h5-6,9-11H,3-4,7-8H2,1-2H3,(H,16,17,18). The van der Waals surface area contributed by atoms with E-state index in [9.17, 15) is 0 Å². The van der Waals surface area contributed by atoms with Gasteiger partial charge in [0.15, 0.2) is 0 Å². The fraction of sp³-hybridized carbons (Fsp3) is 0.467. The first-order valence-electron chi connectivity index (χ1n) is 6.94. The van der Waals surface area contributed by atoms with Gasteiger partial charge in [-0.25, -0.2) is 4.98 Å². The summed E-state index contributed by atoms with van der Waals surface area (Å²) in [5.41, 5.74) is 1.00. The second-order valence-electron chi connectivity index (χ2n) is 5.41. The highest BCUT2D eigenvalue weighted by molar-refractivity contribution is 5.90. The van der Waals surface area contributed by atoms with Gasteiger partial charge in [-0.3, -0.25) is 0 Å². The predicted molar refractivity (Wildman–Crippen MR) is 79.7 cm³/mol. The Labute approximate surface area is 113 Å². The van der Waals surface area contributed by atoms with Crippen LogP contribution in [0.5, 0.6) is 0 Å². The van der Waals surface area contributed by atoms with E-state index in [4.69, 9.17) is 0 Å². The first-order chi connectivity index (χ1) is 9.24. The summed E-state index contributed by atoms with van der Waals surface area (Å²) in [5.74, 6) is 1.74. The third kappa shape index (κ3) is 2.48. The van der Waals surface area contributed by atoms with Crippen molar-refractivity contribution in [3.63, 3.8) is 0 Å². The molecule has 1 aromatic carbocycles. The number of aromatic nitrogens is 2. The molecule has 0 radical (unpaired) electrons. The van der Waals surface area contributed by atoms with E-state index < -0.39 is 0 Å². The Morgan fingerprint density at radius 1 is 1.11 bits per heavy atom. The lowest BCUT2D eigenvalue weighted by atomic mass is 10.2. The number of hydrogen-bond acceptors (Lipinski definition) is 4. The Balaban J connectivity index is 2.03. The average molecular weight is 256 g/mol. The van der Waals surface area contributed by atoms with E-state index in [-0.39, 0.29) is 0 Å². The monoisotopic (exact) mass is 256 g/mol. The maximum absolute atomic E-state index is 4.67. The molecular formula is C15H20N4. The van der Waals surface area contributed by atoms with Crippen LogP contribution in [0.2, 0.25) is 0 Å². The van der Waals surface area contributed by atoms with E-state index in [1.54, 1.807) is 0 Å². The summed E-state index contributed by atoms with van der Waals surface area (Å²) in [7, 11) is 3.95. The third-order valence-electron chi connectivity index (χ3n) is 3.69. The minimum absolute atomic E-state index is 0.563. The van der Waals surface area contributed by atoms with Crippen molar-refractivity contribution in [2.75, 3.05) is 24.3 Å². The molecule has 4 heteroatoms. The highest BCUT2D eigenvalue weighted by atomic mass is 15.2. The smallest absolute Gasteiger partial charge is 0.227 e. The van der Waals surface area contributed by atoms with Crippen LogP contribution >= 0.6 is 0 Å². The number of hydrogen-bond donors (Lipinski definition) is 1. The van der Waals surface area contributed by atoms with Crippen molar-refractivity contribution in [1.29, 1.82) is 0 Å². The molecule has 0 amide bonds. The van der Waals surface area contributed by atoms with Crippen LogP contribution in [0, 0.1) is 0 Å². The Bertz CT molecular complexity index is 573. The number of fused-ring (bicyclic) bond motifs is 1. The first-order valence-corrected chi connectivity index (χ1v) is 6.94. The summed E-state index contributed by atoms with van der Waals surface area (Å²) < 4.78 is 0. The minimum atomic E-state index is 0.563. The molecule has 1 aromatic heterocycles. The van der Waals surface area contributed by atoms with Crippen LogP contribution in [0.4, 0.5) is 11.8 Å². The van der Waals surface area contributed by atoms with Gasteiger partial charge in [-0.15, -0.1) is 0 Å². The van der Waals surface area contributed by atoms with Gasteiger partial charge in [-0.05, 0) is 25.0 Å². The van der Waals surface area contributed by atoms with Crippen molar-refractivity contribution in [1.82, 2.24) is 9.97 Å². The highest BCUT2D eigenvalue weighted by Gasteiger charge is 2.17. The molecule has 1 fully saturated rings. The molecule has 0 spiro atoms. The molecule has 1 N–H and O–H groups in total. The first kappa shape index (κ1) is 12.2. The number of nitrogens with zero attached hydrogens (tertiary/aromatic N) is 3. The van der Waals surface area contributed by atoms with Crippen molar-refractivity contribution in [3.05, 3.63) is 24.3 Å². The van der Waals surface area contributed by atoms with Gasteiger partial charge in [0.1, 0.15) is 5.82 Å². The minimum Gasteiger partial charge on any atom is -0.367 e. The van der Waals surface area contributed by atoms with Crippen molar-refractivity contribution in [2.45, 2.75) is 31.7 Å². The normalized spacial score (nSPS) is 15.9. The van der Waals surface area contributed by atoms with Gasteiger partial charge in [0.05, 0.1) is 5.52 Å².